The van der Waals surface area contributed by atoms with Gasteiger partial charge in [-0.3, -0.25) is 0 Å². The molecular formula is C10H20O4. The Morgan fingerprint density at radius 2 is 1.64 bits per heavy atom. The van der Waals surface area contributed by atoms with E-state index >= 15 is 0 Å². The van der Waals surface area contributed by atoms with E-state index in [9.17, 15) is 15.3 Å². The van der Waals surface area contributed by atoms with Crippen LogP contribution in [0.1, 0.15) is 27.2 Å². The van der Waals surface area contributed by atoms with Gasteiger partial charge in [-0.2, -0.15) is 0 Å². The largest absolute Gasteiger partial charge is 0.388 e. The third-order valence-electron chi connectivity index (χ3n) is 2.81. The molecule has 0 spiro atoms. The summed E-state index contributed by atoms with van der Waals surface area (Å²) in [6.45, 7) is 5.73. The van der Waals surface area contributed by atoms with Gasteiger partial charge in [-0.05, 0) is 12.3 Å². The predicted molar refractivity (Wildman–Crippen MR) is 51.8 cm³/mol. The Labute approximate surface area is 84.5 Å². The number of aliphatic hydroxyl groups excluding tert-OH is 3. The molecule has 14 heavy (non-hydrogen) atoms. The molecule has 1 heterocycles. The second-order valence-electron chi connectivity index (χ2n) is 4.26. The van der Waals surface area contributed by atoms with Crippen molar-refractivity contribution >= 4 is 0 Å². The average molecular weight is 204 g/mol. The summed E-state index contributed by atoms with van der Waals surface area (Å²) in [7, 11) is 0. The van der Waals surface area contributed by atoms with Gasteiger partial charge in [0.05, 0.1) is 12.2 Å². The fourth-order valence-corrected chi connectivity index (χ4v) is 1.87. The molecule has 2 unspecified atom stereocenters. The number of ether oxygens (including phenoxy) is 1. The Bertz CT molecular complexity index is 181. The van der Waals surface area contributed by atoms with Crippen molar-refractivity contribution in [3.05, 3.63) is 0 Å². The van der Waals surface area contributed by atoms with E-state index in [-0.39, 0.29) is 12.0 Å². The molecule has 0 bridgehead atoms. The molecule has 4 nitrogen and oxygen atoms in total. The molecule has 1 fully saturated rings. The summed E-state index contributed by atoms with van der Waals surface area (Å²) in [4.78, 5) is 0. The van der Waals surface area contributed by atoms with Crippen LogP contribution in [0.3, 0.4) is 0 Å². The lowest BCUT2D eigenvalue weighted by Crippen LogP contribution is -2.58. The first-order valence-electron chi connectivity index (χ1n) is 5.18. The molecule has 0 aromatic carbocycles. The highest BCUT2D eigenvalue weighted by atomic mass is 16.5. The average Bonchev–Trinajstić information content (AvgIpc) is 2.14. The van der Waals surface area contributed by atoms with Crippen LogP contribution in [0.15, 0.2) is 0 Å². The highest BCUT2D eigenvalue weighted by Gasteiger charge is 2.43. The molecule has 3 N–H and O–H groups in total. The molecular weight excluding hydrogens is 184 g/mol. The highest BCUT2D eigenvalue weighted by Crippen LogP contribution is 2.26. The van der Waals surface area contributed by atoms with Crippen LogP contribution in [0, 0.1) is 5.92 Å². The third-order valence-corrected chi connectivity index (χ3v) is 2.81. The SMILES string of the molecule is CCC1O[C@@H](C(C)C)[C@H](O)C(O)[C@H]1O. The summed E-state index contributed by atoms with van der Waals surface area (Å²) in [6, 6.07) is 0. The van der Waals surface area contributed by atoms with Crippen molar-refractivity contribution in [2.75, 3.05) is 0 Å². The van der Waals surface area contributed by atoms with Crippen LogP contribution in [0.4, 0.5) is 0 Å². The van der Waals surface area contributed by atoms with Crippen molar-refractivity contribution in [1.82, 2.24) is 0 Å². The molecule has 0 aromatic rings. The predicted octanol–water partition coefficient (Wildman–Crippen LogP) is -0.0975. The zero-order chi connectivity index (χ0) is 10.9. The fourth-order valence-electron chi connectivity index (χ4n) is 1.87. The minimum atomic E-state index is -1.10. The van der Waals surface area contributed by atoms with E-state index < -0.39 is 24.4 Å². The maximum Gasteiger partial charge on any atom is 0.111 e. The summed E-state index contributed by atoms with van der Waals surface area (Å²) in [5.41, 5.74) is 0. The van der Waals surface area contributed by atoms with Gasteiger partial charge in [-0.25, -0.2) is 0 Å². The van der Waals surface area contributed by atoms with Crippen LogP contribution in [0.25, 0.3) is 0 Å². The molecule has 1 aliphatic rings. The summed E-state index contributed by atoms with van der Waals surface area (Å²) >= 11 is 0. The van der Waals surface area contributed by atoms with Crippen molar-refractivity contribution in [3.63, 3.8) is 0 Å². The molecule has 0 aliphatic carbocycles. The zero-order valence-corrected chi connectivity index (χ0v) is 8.92. The first-order valence-corrected chi connectivity index (χ1v) is 5.18. The summed E-state index contributed by atoms with van der Waals surface area (Å²) in [6.07, 6.45) is -3.20. The van der Waals surface area contributed by atoms with Crippen LogP contribution in [0.5, 0.6) is 0 Å². The van der Waals surface area contributed by atoms with Crippen molar-refractivity contribution in [3.8, 4) is 0 Å². The lowest BCUT2D eigenvalue weighted by molar-refractivity contribution is -0.232. The second kappa shape index (κ2) is 4.57. The number of rotatable bonds is 2. The Hall–Kier alpha value is -0.160. The molecule has 0 radical (unpaired) electrons. The molecule has 0 aromatic heterocycles. The quantitative estimate of drug-likeness (QED) is 0.587. The van der Waals surface area contributed by atoms with E-state index in [2.05, 4.69) is 0 Å². The van der Waals surface area contributed by atoms with E-state index in [1.54, 1.807) is 0 Å². The first-order chi connectivity index (χ1) is 6.49. The van der Waals surface area contributed by atoms with Gasteiger partial charge in [0.1, 0.15) is 18.3 Å². The summed E-state index contributed by atoms with van der Waals surface area (Å²) in [5.74, 6) is 0.126. The standard InChI is InChI=1S/C10H20O4/c1-4-6-7(11)8(12)9(13)10(14-6)5(2)3/h5-13H,4H2,1-3H3/t6?,7-,8?,9+,10-/m0/s1. The van der Waals surface area contributed by atoms with E-state index in [1.165, 1.54) is 0 Å². The smallest absolute Gasteiger partial charge is 0.111 e. The van der Waals surface area contributed by atoms with Gasteiger partial charge in [0.15, 0.2) is 0 Å². The van der Waals surface area contributed by atoms with Gasteiger partial charge in [-0.1, -0.05) is 20.8 Å². The van der Waals surface area contributed by atoms with E-state index in [0.29, 0.717) is 6.42 Å². The normalized spacial score (nSPS) is 44.4. The van der Waals surface area contributed by atoms with Gasteiger partial charge in [0.2, 0.25) is 0 Å². The number of hydrogen-bond acceptors (Lipinski definition) is 4. The first kappa shape index (κ1) is 11.9. The van der Waals surface area contributed by atoms with Gasteiger partial charge in [0, 0.05) is 0 Å². The van der Waals surface area contributed by atoms with Gasteiger partial charge in [0.25, 0.3) is 0 Å². The van der Waals surface area contributed by atoms with Gasteiger partial charge in [-0.15, -0.1) is 0 Å². The third kappa shape index (κ3) is 2.08. The number of aliphatic hydroxyl groups is 3. The topological polar surface area (TPSA) is 69.9 Å². The molecule has 5 atom stereocenters. The Balaban J connectivity index is 2.73. The number of hydrogen-bond donors (Lipinski definition) is 3. The van der Waals surface area contributed by atoms with E-state index in [0.717, 1.165) is 0 Å². The molecule has 0 amide bonds. The Morgan fingerprint density at radius 1 is 1.07 bits per heavy atom. The van der Waals surface area contributed by atoms with Crippen molar-refractivity contribution in [2.45, 2.75) is 57.7 Å². The highest BCUT2D eigenvalue weighted by molar-refractivity contribution is 4.92. The van der Waals surface area contributed by atoms with Crippen LogP contribution < -0.4 is 0 Å². The minimum absolute atomic E-state index is 0.126. The van der Waals surface area contributed by atoms with Crippen molar-refractivity contribution < 1.29 is 20.1 Å². The molecule has 84 valence electrons. The minimum Gasteiger partial charge on any atom is -0.388 e. The maximum atomic E-state index is 9.66. The Morgan fingerprint density at radius 3 is 2.07 bits per heavy atom. The van der Waals surface area contributed by atoms with Crippen LogP contribution >= 0.6 is 0 Å². The monoisotopic (exact) mass is 204 g/mol. The lowest BCUT2D eigenvalue weighted by atomic mass is 9.89. The fraction of sp³-hybridized carbons (Fsp3) is 1.00. The van der Waals surface area contributed by atoms with E-state index in [4.69, 9.17) is 4.74 Å². The van der Waals surface area contributed by atoms with Crippen LogP contribution in [0.2, 0.25) is 0 Å². The molecule has 4 heteroatoms. The van der Waals surface area contributed by atoms with Crippen LogP contribution in [-0.4, -0.2) is 45.8 Å². The Kier molecular flexibility index (Phi) is 3.89. The maximum absolute atomic E-state index is 9.66. The molecule has 1 saturated heterocycles. The second-order valence-corrected chi connectivity index (χ2v) is 4.26. The lowest BCUT2D eigenvalue weighted by Gasteiger charge is -2.42. The zero-order valence-electron chi connectivity index (χ0n) is 8.92. The summed E-state index contributed by atoms with van der Waals surface area (Å²) in [5, 5.41) is 28.8. The van der Waals surface area contributed by atoms with Crippen molar-refractivity contribution in [1.29, 1.82) is 0 Å². The van der Waals surface area contributed by atoms with Gasteiger partial charge < -0.3 is 20.1 Å². The molecule has 1 rings (SSSR count). The summed E-state index contributed by atoms with van der Waals surface area (Å²) < 4.78 is 5.53. The van der Waals surface area contributed by atoms with Gasteiger partial charge >= 0.3 is 0 Å². The molecule has 0 saturated carbocycles. The van der Waals surface area contributed by atoms with Crippen molar-refractivity contribution in [2.24, 2.45) is 5.92 Å². The van der Waals surface area contributed by atoms with E-state index in [1.807, 2.05) is 20.8 Å². The molecule has 1 aliphatic heterocycles. The van der Waals surface area contributed by atoms with Crippen LogP contribution in [-0.2, 0) is 4.74 Å².